The molecule has 0 aliphatic heterocycles. The molecule has 0 fully saturated rings. The van der Waals surface area contributed by atoms with Crippen molar-refractivity contribution in [2.45, 2.75) is 46.7 Å². The Hall–Kier alpha value is -3.70. The second kappa shape index (κ2) is 9.20. The highest BCUT2D eigenvalue weighted by molar-refractivity contribution is 5.95. The van der Waals surface area contributed by atoms with E-state index in [-0.39, 0.29) is 35.9 Å². The fourth-order valence-electron chi connectivity index (χ4n) is 3.47. The van der Waals surface area contributed by atoms with Crippen molar-refractivity contribution in [3.05, 3.63) is 43.7 Å². The third-order valence-electron chi connectivity index (χ3n) is 5.09. The highest BCUT2D eigenvalue weighted by Crippen LogP contribution is 2.19. The Balaban J connectivity index is 2.05. The Morgan fingerprint density at radius 2 is 2.00 bits per heavy atom. The van der Waals surface area contributed by atoms with Gasteiger partial charge in [-0.25, -0.2) is 9.78 Å². The molecule has 12 heteroatoms. The molecular formula is C20H28N8O4. The Morgan fingerprint density at radius 1 is 1.28 bits per heavy atom. The zero-order valence-electron chi connectivity index (χ0n) is 18.7. The molecule has 0 radical (unpaired) electrons. The van der Waals surface area contributed by atoms with Crippen molar-refractivity contribution in [2.24, 2.45) is 13.0 Å². The van der Waals surface area contributed by atoms with Crippen molar-refractivity contribution < 1.29 is 4.79 Å². The monoisotopic (exact) mass is 444 g/mol. The summed E-state index contributed by atoms with van der Waals surface area (Å²) in [6, 6.07) is 0. The first kappa shape index (κ1) is 23.0. The molecule has 0 bridgehead atoms. The Kier molecular flexibility index (Phi) is 6.61. The molecule has 32 heavy (non-hydrogen) atoms. The fraction of sp³-hybridized carbons (Fsp3) is 0.500. The summed E-state index contributed by atoms with van der Waals surface area (Å²) in [6.07, 6.45) is 4.17. The van der Waals surface area contributed by atoms with Gasteiger partial charge in [0.05, 0.1) is 6.20 Å². The van der Waals surface area contributed by atoms with E-state index in [4.69, 9.17) is 5.73 Å². The summed E-state index contributed by atoms with van der Waals surface area (Å²) in [7, 11) is 1.66. The normalized spacial score (nSPS) is 11.4. The van der Waals surface area contributed by atoms with E-state index in [9.17, 15) is 19.2 Å². The number of unbranched alkanes of at least 4 members (excludes halogenated alkanes) is 1. The Morgan fingerprint density at radius 3 is 2.66 bits per heavy atom. The lowest BCUT2D eigenvalue weighted by atomic mass is 10.2. The van der Waals surface area contributed by atoms with Gasteiger partial charge in [-0.1, -0.05) is 27.2 Å². The first-order valence-corrected chi connectivity index (χ1v) is 10.5. The van der Waals surface area contributed by atoms with Gasteiger partial charge in [-0.05, 0) is 12.3 Å². The number of aromatic amines is 1. The van der Waals surface area contributed by atoms with Gasteiger partial charge in [0.15, 0.2) is 11.3 Å². The zero-order chi connectivity index (χ0) is 23.6. The zero-order valence-corrected chi connectivity index (χ0v) is 18.7. The van der Waals surface area contributed by atoms with E-state index in [0.29, 0.717) is 18.6 Å². The molecule has 3 rings (SSSR count). The average molecular weight is 444 g/mol. The molecule has 0 spiro atoms. The van der Waals surface area contributed by atoms with Crippen LogP contribution in [0.15, 0.2) is 26.9 Å². The summed E-state index contributed by atoms with van der Waals surface area (Å²) < 4.78 is 3.89. The summed E-state index contributed by atoms with van der Waals surface area (Å²) in [6.45, 7) is 5.87. The lowest BCUT2D eigenvalue weighted by Crippen LogP contribution is -2.44. The predicted octanol–water partition coefficient (Wildman–Crippen LogP) is 0.0515. The number of nitrogens with two attached hydrogens (primary N) is 1. The largest absolute Gasteiger partial charge is 0.383 e. The van der Waals surface area contributed by atoms with Crippen LogP contribution in [0.2, 0.25) is 0 Å². The highest BCUT2D eigenvalue weighted by atomic mass is 16.2. The second-order valence-corrected chi connectivity index (χ2v) is 8.08. The molecule has 1 amide bonds. The maximum absolute atomic E-state index is 13.3. The van der Waals surface area contributed by atoms with Gasteiger partial charge in [0.2, 0.25) is 5.91 Å². The number of nitrogen functional groups attached to an aromatic ring is 1. The average Bonchev–Trinajstić information content (AvgIpc) is 3.10. The summed E-state index contributed by atoms with van der Waals surface area (Å²) >= 11 is 0. The minimum Gasteiger partial charge on any atom is -0.383 e. The number of H-pyrrole nitrogens is 1. The lowest BCUT2D eigenvalue weighted by Gasteiger charge is -2.26. The number of rotatable bonds is 8. The van der Waals surface area contributed by atoms with Gasteiger partial charge < -0.3 is 10.6 Å². The van der Waals surface area contributed by atoms with Gasteiger partial charge in [0.1, 0.15) is 24.1 Å². The van der Waals surface area contributed by atoms with E-state index < -0.39 is 22.7 Å². The summed E-state index contributed by atoms with van der Waals surface area (Å²) in [4.78, 5) is 58.7. The molecule has 172 valence electrons. The van der Waals surface area contributed by atoms with Crippen LogP contribution >= 0.6 is 0 Å². The van der Waals surface area contributed by atoms with E-state index in [2.05, 4.69) is 15.1 Å². The fourth-order valence-corrected chi connectivity index (χ4v) is 3.47. The number of carbonyl (C=O) groups is 1. The van der Waals surface area contributed by atoms with Gasteiger partial charge in [-0.15, -0.1) is 0 Å². The molecule has 3 aromatic rings. The van der Waals surface area contributed by atoms with Gasteiger partial charge in [0.25, 0.3) is 11.1 Å². The number of nitrogens with zero attached hydrogens (tertiary/aromatic N) is 6. The molecule has 3 heterocycles. The van der Waals surface area contributed by atoms with Crippen LogP contribution in [0.25, 0.3) is 11.0 Å². The van der Waals surface area contributed by atoms with Crippen LogP contribution < -0.4 is 27.4 Å². The predicted molar refractivity (Wildman–Crippen MR) is 121 cm³/mol. The van der Waals surface area contributed by atoms with Gasteiger partial charge in [0, 0.05) is 20.1 Å². The standard InChI is InChI=1S/C20H28N8O4/c1-5-6-7-27-16(21)15(18(30)24-20(27)32)28(9-12(2)3)14(29)10-26-11-22-17-13(19(26)31)8-23-25(17)4/h8,11-12H,5-7,9-10,21H2,1-4H3,(H,24,30,32). The summed E-state index contributed by atoms with van der Waals surface area (Å²) in [5.41, 5.74) is 4.72. The summed E-state index contributed by atoms with van der Waals surface area (Å²) in [5, 5.41) is 4.30. The van der Waals surface area contributed by atoms with Crippen molar-refractivity contribution in [3.63, 3.8) is 0 Å². The van der Waals surface area contributed by atoms with Crippen LogP contribution in [0.3, 0.4) is 0 Å². The maximum Gasteiger partial charge on any atom is 0.330 e. The third-order valence-corrected chi connectivity index (χ3v) is 5.09. The second-order valence-electron chi connectivity index (χ2n) is 8.08. The van der Waals surface area contributed by atoms with Crippen LogP contribution in [-0.4, -0.2) is 41.3 Å². The first-order chi connectivity index (χ1) is 15.1. The maximum atomic E-state index is 13.3. The third kappa shape index (κ3) is 4.34. The van der Waals surface area contributed by atoms with Gasteiger partial charge >= 0.3 is 5.69 Å². The molecule has 0 saturated carbocycles. The summed E-state index contributed by atoms with van der Waals surface area (Å²) in [5.74, 6) is -0.609. The number of aromatic nitrogens is 6. The van der Waals surface area contributed by atoms with Crippen molar-refractivity contribution >= 4 is 28.4 Å². The minimum absolute atomic E-state index is 0.00980. The Bertz CT molecular complexity index is 1310. The molecule has 0 unspecified atom stereocenters. The smallest absolute Gasteiger partial charge is 0.330 e. The molecule has 0 aliphatic carbocycles. The van der Waals surface area contributed by atoms with E-state index in [1.807, 2.05) is 20.8 Å². The van der Waals surface area contributed by atoms with Crippen LogP contribution in [-0.2, 0) is 24.9 Å². The van der Waals surface area contributed by atoms with Gasteiger partial charge in [-0.3, -0.25) is 33.2 Å². The van der Waals surface area contributed by atoms with Gasteiger partial charge in [-0.2, -0.15) is 5.10 Å². The molecule has 3 aromatic heterocycles. The highest BCUT2D eigenvalue weighted by Gasteiger charge is 2.25. The van der Waals surface area contributed by atoms with E-state index in [1.165, 1.54) is 26.7 Å². The molecule has 12 nitrogen and oxygen atoms in total. The molecule has 3 N–H and O–H groups in total. The topological polar surface area (TPSA) is 154 Å². The molecule has 0 atom stereocenters. The number of aryl methyl sites for hydroxylation is 1. The SMILES string of the molecule is CCCCn1c(N)c(N(CC(C)C)C(=O)Cn2cnc3c(cnn3C)c2=O)c(=O)[nH]c1=O. The molecule has 0 aromatic carbocycles. The lowest BCUT2D eigenvalue weighted by molar-refractivity contribution is -0.119. The van der Waals surface area contributed by atoms with Crippen molar-refractivity contribution in [1.29, 1.82) is 0 Å². The number of fused-ring (bicyclic) bond motifs is 1. The van der Waals surface area contributed by atoms with Crippen molar-refractivity contribution in [3.8, 4) is 0 Å². The van der Waals surface area contributed by atoms with Crippen LogP contribution in [0, 0.1) is 5.92 Å². The molecule has 0 aliphatic rings. The van der Waals surface area contributed by atoms with Crippen molar-refractivity contribution in [2.75, 3.05) is 17.2 Å². The quantitative estimate of drug-likeness (QED) is 0.497. The van der Waals surface area contributed by atoms with E-state index in [0.717, 1.165) is 11.0 Å². The number of hydrogen-bond donors (Lipinski definition) is 2. The minimum atomic E-state index is -0.748. The molecular weight excluding hydrogens is 416 g/mol. The van der Waals surface area contributed by atoms with Crippen LogP contribution in [0.1, 0.15) is 33.6 Å². The Labute approximate surface area is 183 Å². The van der Waals surface area contributed by atoms with E-state index in [1.54, 1.807) is 7.05 Å². The molecule has 0 saturated heterocycles. The number of amides is 1. The van der Waals surface area contributed by atoms with Crippen LogP contribution in [0.5, 0.6) is 0 Å². The number of carbonyl (C=O) groups excluding carboxylic acids is 1. The number of nitrogens with one attached hydrogen (secondary N) is 1. The van der Waals surface area contributed by atoms with E-state index >= 15 is 0 Å². The number of anilines is 2. The number of hydrogen-bond acceptors (Lipinski definition) is 7. The van der Waals surface area contributed by atoms with Crippen molar-refractivity contribution in [1.82, 2.24) is 28.9 Å². The van der Waals surface area contributed by atoms with Crippen LogP contribution in [0.4, 0.5) is 11.5 Å². The first-order valence-electron chi connectivity index (χ1n) is 10.5.